The Balaban J connectivity index is 2.91. The van der Waals surface area contributed by atoms with Crippen LogP contribution in [0.25, 0.3) is 0 Å². The van der Waals surface area contributed by atoms with E-state index < -0.39 is 0 Å². The van der Waals surface area contributed by atoms with Crippen molar-refractivity contribution in [3.63, 3.8) is 0 Å². The van der Waals surface area contributed by atoms with Gasteiger partial charge >= 0.3 is 0 Å². The molecular formula is C9H8BrClO2. The molecule has 0 bridgehead atoms. The molecule has 0 radical (unpaired) electrons. The third-order valence-electron chi connectivity index (χ3n) is 1.59. The van der Waals surface area contributed by atoms with Crippen molar-refractivity contribution in [1.82, 2.24) is 0 Å². The Bertz CT molecular complexity index is 325. The summed E-state index contributed by atoms with van der Waals surface area (Å²) in [6.45, 7) is 0. The molecule has 4 heteroatoms. The van der Waals surface area contributed by atoms with Crippen LogP contribution in [0.2, 0.25) is 0 Å². The molecule has 0 saturated carbocycles. The van der Waals surface area contributed by atoms with E-state index in [1.54, 1.807) is 19.2 Å². The lowest BCUT2D eigenvalue weighted by Crippen LogP contribution is -1.95. The second-order valence-corrected chi connectivity index (χ2v) is 3.77. The molecule has 0 N–H and O–H groups in total. The monoisotopic (exact) mass is 262 g/mol. The van der Waals surface area contributed by atoms with Gasteiger partial charge in [-0.15, -0.1) is 0 Å². The van der Waals surface area contributed by atoms with Gasteiger partial charge in [0.2, 0.25) is 5.24 Å². The van der Waals surface area contributed by atoms with Crippen molar-refractivity contribution in [2.24, 2.45) is 0 Å². The molecule has 2 nitrogen and oxygen atoms in total. The van der Waals surface area contributed by atoms with E-state index in [-0.39, 0.29) is 11.7 Å². The second-order valence-electron chi connectivity index (χ2n) is 2.49. The zero-order valence-corrected chi connectivity index (χ0v) is 9.35. The van der Waals surface area contributed by atoms with Crippen molar-refractivity contribution in [2.75, 3.05) is 7.11 Å². The van der Waals surface area contributed by atoms with E-state index in [0.29, 0.717) is 0 Å². The van der Waals surface area contributed by atoms with Crippen LogP contribution in [0.4, 0.5) is 0 Å². The topological polar surface area (TPSA) is 26.3 Å². The fourth-order valence-corrected chi connectivity index (χ4v) is 1.59. The predicted octanol–water partition coefficient (Wildman–Crippen LogP) is 2.77. The lowest BCUT2D eigenvalue weighted by atomic mass is 10.2. The van der Waals surface area contributed by atoms with Gasteiger partial charge < -0.3 is 4.74 Å². The van der Waals surface area contributed by atoms with E-state index in [0.717, 1.165) is 15.8 Å². The van der Waals surface area contributed by atoms with Crippen LogP contribution in [-0.2, 0) is 11.2 Å². The Morgan fingerprint density at radius 3 is 2.77 bits per heavy atom. The first-order valence-corrected chi connectivity index (χ1v) is 4.81. The maximum Gasteiger partial charge on any atom is 0.226 e. The zero-order valence-electron chi connectivity index (χ0n) is 7.01. The highest BCUT2D eigenvalue weighted by atomic mass is 79.9. The Kier molecular flexibility index (Phi) is 3.75. The summed E-state index contributed by atoms with van der Waals surface area (Å²) in [6.07, 6.45) is 0.228. The third-order valence-corrected chi connectivity index (χ3v) is 2.46. The molecule has 1 aromatic carbocycles. The van der Waals surface area contributed by atoms with Crippen LogP contribution in [-0.4, -0.2) is 12.4 Å². The third kappa shape index (κ3) is 3.01. The van der Waals surface area contributed by atoms with Crippen LogP contribution in [0.15, 0.2) is 22.7 Å². The number of ether oxygens (including phenoxy) is 1. The van der Waals surface area contributed by atoms with Gasteiger partial charge in [0, 0.05) is 10.9 Å². The fraction of sp³-hybridized carbons (Fsp3) is 0.222. The van der Waals surface area contributed by atoms with Crippen LogP contribution in [0, 0.1) is 0 Å². The Labute approximate surface area is 90.0 Å². The van der Waals surface area contributed by atoms with Crippen LogP contribution in [0.3, 0.4) is 0 Å². The minimum absolute atomic E-state index is 0.228. The lowest BCUT2D eigenvalue weighted by molar-refractivity contribution is -0.111. The maximum atomic E-state index is 10.6. The molecule has 0 aliphatic heterocycles. The summed E-state index contributed by atoms with van der Waals surface area (Å²) < 4.78 is 5.84. The standard InChI is InChI=1S/C9H8BrClO2/c1-13-7-3-2-6(4-9(11)12)8(10)5-7/h2-3,5H,4H2,1H3. The highest BCUT2D eigenvalue weighted by Gasteiger charge is 2.05. The number of rotatable bonds is 3. The van der Waals surface area contributed by atoms with Crippen molar-refractivity contribution in [2.45, 2.75) is 6.42 Å². The summed E-state index contributed by atoms with van der Waals surface area (Å²) >= 11 is 8.59. The largest absolute Gasteiger partial charge is 0.497 e. The Hall–Kier alpha value is -0.540. The molecule has 0 aliphatic carbocycles. The molecule has 0 atom stereocenters. The maximum absolute atomic E-state index is 10.6. The van der Waals surface area contributed by atoms with Crippen LogP contribution < -0.4 is 4.74 Å². The minimum atomic E-state index is -0.370. The van der Waals surface area contributed by atoms with Gasteiger partial charge in [-0.2, -0.15) is 0 Å². The Morgan fingerprint density at radius 2 is 2.31 bits per heavy atom. The van der Waals surface area contributed by atoms with Crippen molar-refractivity contribution < 1.29 is 9.53 Å². The molecule has 13 heavy (non-hydrogen) atoms. The highest BCUT2D eigenvalue weighted by Crippen LogP contribution is 2.23. The molecular weight excluding hydrogens is 255 g/mol. The van der Waals surface area contributed by atoms with Gasteiger partial charge in [-0.3, -0.25) is 4.79 Å². The number of carbonyl (C=O) groups is 1. The number of hydrogen-bond donors (Lipinski definition) is 0. The van der Waals surface area contributed by atoms with E-state index >= 15 is 0 Å². The van der Waals surface area contributed by atoms with Crippen molar-refractivity contribution in [3.05, 3.63) is 28.2 Å². The quantitative estimate of drug-likeness (QED) is 0.784. The average molecular weight is 264 g/mol. The van der Waals surface area contributed by atoms with Crippen molar-refractivity contribution >= 4 is 32.8 Å². The summed E-state index contributed by atoms with van der Waals surface area (Å²) in [5.74, 6) is 0.748. The molecule has 0 unspecified atom stereocenters. The highest BCUT2D eigenvalue weighted by molar-refractivity contribution is 9.10. The predicted molar refractivity (Wildman–Crippen MR) is 55.3 cm³/mol. The van der Waals surface area contributed by atoms with Gasteiger partial charge in [-0.05, 0) is 29.3 Å². The lowest BCUT2D eigenvalue weighted by Gasteiger charge is -2.04. The first kappa shape index (κ1) is 10.5. The van der Waals surface area contributed by atoms with Crippen molar-refractivity contribution in [1.29, 1.82) is 0 Å². The summed E-state index contributed by atoms with van der Waals surface area (Å²) in [6, 6.07) is 5.40. The van der Waals surface area contributed by atoms with Crippen molar-refractivity contribution in [3.8, 4) is 5.75 Å². The number of carbonyl (C=O) groups excluding carboxylic acids is 1. The molecule has 1 rings (SSSR count). The number of benzene rings is 1. The van der Waals surface area contributed by atoms with Crippen LogP contribution in [0.1, 0.15) is 5.56 Å². The van der Waals surface area contributed by atoms with E-state index in [1.165, 1.54) is 0 Å². The summed E-state index contributed by atoms with van der Waals surface area (Å²) in [4.78, 5) is 10.6. The molecule has 0 heterocycles. The van der Waals surface area contributed by atoms with Gasteiger partial charge in [0.15, 0.2) is 0 Å². The fourth-order valence-electron chi connectivity index (χ4n) is 0.948. The first-order valence-electron chi connectivity index (χ1n) is 3.64. The Morgan fingerprint density at radius 1 is 1.62 bits per heavy atom. The van der Waals surface area contributed by atoms with Crippen LogP contribution >= 0.6 is 27.5 Å². The minimum Gasteiger partial charge on any atom is -0.497 e. The second kappa shape index (κ2) is 4.63. The molecule has 0 amide bonds. The van der Waals surface area contributed by atoms with E-state index in [1.807, 2.05) is 6.07 Å². The SMILES string of the molecule is COc1ccc(CC(=O)Cl)c(Br)c1. The number of methoxy groups -OCH3 is 1. The van der Waals surface area contributed by atoms with Gasteiger partial charge in [0.05, 0.1) is 7.11 Å². The normalized spacial score (nSPS) is 9.77. The number of halogens is 2. The van der Waals surface area contributed by atoms with Gasteiger partial charge in [0.1, 0.15) is 5.75 Å². The van der Waals surface area contributed by atoms with Crippen LogP contribution in [0.5, 0.6) is 5.75 Å². The summed E-state index contributed by atoms with van der Waals surface area (Å²) in [5, 5.41) is -0.370. The van der Waals surface area contributed by atoms with Gasteiger partial charge in [-0.1, -0.05) is 22.0 Å². The molecule has 70 valence electrons. The first-order chi connectivity index (χ1) is 6.13. The molecule has 0 saturated heterocycles. The molecule has 1 aromatic rings. The van der Waals surface area contributed by atoms with E-state index in [9.17, 15) is 4.79 Å². The van der Waals surface area contributed by atoms with Gasteiger partial charge in [0.25, 0.3) is 0 Å². The molecule has 0 aliphatic rings. The zero-order chi connectivity index (χ0) is 9.84. The summed E-state index contributed by atoms with van der Waals surface area (Å²) in [7, 11) is 1.59. The molecule has 0 fully saturated rings. The smallest absolute Gasteiger partial charge is 0.226 e. The average Bonchev–Trinajstić information content (AvgIpc) is 2.08. The number of hydrogen-bond acceptors (Lipinski definition) is 2. The molecule has 0 spiro atoms. The summed E-state index contributed by atoms with van der Waals surface area (Å²) in [5.41, 5.74) is 0.862. The van der Waals surface area contributed by atoms with E-state index in [2.05, 4.69) is 15.9 Å². The molecule has 0 aromatic heterocycles. The van der Waals surface area contributed by atoms with E-state index in [4.69, 9.17) is 16.3 Å². The van der Waals surface area contributed by atoms with Gasteiger partial charge in [-0.25, -0.2) is 0 Å².